The highest BCUT2D eigenvalue weighted by Crippen LogP contribution is 2.46. The van der Waals surface area contributed by atoms with Crippen molar-refractivity contribution >= 4 is 15.7 Å². The van der Waals surface area contributed by atoms with Crippen LogP contribution in [0.3, 0.4) is 0 Å². The number of piperidine rings is 1. The normalized spacial score (nSPS) is 27.5. The number of anilines is 1. The summed E-state index contributed by atoms with van der Waals surface area (Å²) in [5.74, 6) is 0. The van der Waals surface area contributed by atoms with Gasteiger partial charge in [0.25, 0.3) is 0 Å². The maximum Gasteiger partial charge on any atom is 0.211 e. The standard InChI is InChI=1S/C22H32N4O4S/c1-31(28,29)26-10-7-22(8-11-26)16-20(30-21(22)27)6-9-24-12-14-25(15-13-24)19-4-2-18(17-23)3-5-19/h2-5,20-21,27H,6-16H2,1H3. The van der Waals surface area contributed by atoms with Crippen LogP contribution in [0.25, 0.3) is 0 Å². The van der Waals surface area contributed by atoms with E-state index in [1.807, 2.05) is 24.3 Å². The van der Waals surface area contributed by atoms with Crippen molar-refractivity contribution in [2.75, 3.05) is 57.0 Å². The van der Waals surface area contributed by atoms with E-state index < -0.39 is 16.3 Å². The molecular formula is C22H32N4O4S. The van der Waals surface area contributed by atoms with Gasteiger partial charge in [-0.2, -0.15) is 5.26 Å². The van der Waals surface area contributed by atoms with Crippen LogP contribution >= 0.6 is 0 Å². The number of benzene rings is 1. The largest absolute Gasteiger partial charge is 0.369 e. The Morgan fingerprint density at radius 2 is 1.77 bits per heavy atom. The van der Waals surface area contributed by atoms with Crippen molar-refractivity contribution in [3.05, 3.63) is 29.8 Å². The van der Waals surface area contributed by atoms with E-state index in [1.165, 1.54) is 10.6 Å². The summed E-state index contributed by atoms with van der Waals surface area (Å²) >= 11 is 0. The van der Waals surface area contributed by atoms with Gasteiger partial charge in [0.05, 0.1) is 24.0 Å². The molecule has 4 rings (SSSR count). The lowest BCUT2D eigenvalue weighted by molar-refractivity contribution is -0.146. The quantitative estimate of drug-likeness (QED) is 0.723. The molecule has 0 amide bonds. The topological polar surface area (TPSA) is 97.1 Å². The SMILES string of the molecule is CS(=O)(=O)N1CCC2(CC1)CC(CCN1CCN(c3ccc(C#N)cc3)CC1)OC2O. The first-order valence-corrected chi connectivity index (χ1v) is 12.9. The molecule has 0 aliphatic carbocycles. The average molecular weight is 449 g/mol. The van der Waals surface area contributed by atoms with Crippen molar-refractivity contribution in [2.24, 2.45) is 5.41 Å². The molecule has 3 aliphatic heterocycles. The van der Waals surface area contributed by atoms with E-state index in [2.05, 4.69) is 15.9 Å². The van der Waals surface area contributed by atoms with Crippen LogP contribution in [-0.4, -0.2) is 87.2 Å². The summed E-state index contributed by atoms with van der Waals surface area (Å²) in [7, 11) is -3.17. The zero-order chi connectivity index (χ0) is 22.1. The Morgan fingerprint density at radius 3 is 2.35 bits per heavy atom. The third-order valence-corrected chi connectivity index (χ3v) is 8.47. The Kier molecular flexibility index (Phi) is 6.56. The summed E-state index contributed by atoms with van der Waals surface area (Å²) in [6.07, 6.45) is 3.46. The van der Waals surface area contributed by atoms with E-state index in [1.54, 1.807) is 0 Å². The molecule has 0 aromatic heterocycles. The van der Waals surface area contributed by atoms with Gasteiger partial charge in [0, 0.05) is 56.9 Å². The van der Waals surface area contributed by atoms with Crippen molar-refractivity contribution in [1.82, 2.24) is 9.21 Å². The molecule has 1 N–H and O–H groups in total. The van der Waals surface area contributed by atoms with Gasteiger partial charge in [-0.25, -0.2) is 12.7 Å². The molecule has 0 radical (unpaired) electrons. The van der Waals surface area contributed by atoms with Gasteiger partial charge in [-0.1, -0.05) is 0 Å². The van der Waals surface area contributed by atoms with Crippen molar-refractivity contribution in [3.63, 3.8) is 0 Å². The van der Waals surface area contributed by atoms with Crippen LogP contribution < -0.4 is 4.90 Å². The number of aliphatic hydroxyl groups is 1. The zero-order valence-corrected chi connectivity index (χ0v) is 18.9. The Labute approximate surface area is 185 Å². The molecule has 31 heavy (non-hydrogen) atoms. The highest BCUT2D eigenvalue weighted by molar-refractivity contribution is 7.88. The van der Waals surface area contributed by atoms with Gasteiger partial charge < -0.3 is 14.7 Å². The van der Waals surface area contributed by atoms with Crippen molar-refractivity contribution < 1.29 is 18.3 Å². The minimum atomic E-state index is -3.17. The van der Waals surface area contributed by atoms with Gasteiger partial charge in [-0.05, 0) is 49.9 Å². The molecule has 8 nitrogen and oxygen atoms in total. The molecule has 0 bridgehead atoms. The van der Waals surface area contributed by atoms with Crippen molar-refractivity contribution in [3.8, 4) is 6.07 Å². The van der Waals surface area contributed by atoms with Crippen LogP contribution in [0.4, 0.5) is 5.69 Å². The third kappa shape index (κ3) is 5.04. The zero-order valence-electron chi connectivity index (χ0n) is 18.1. The first kappa shape index (κ1) is 22.5. The summed E-state index contributed by atoms with van der Waals surface area (Å²) < 4.78 is 30.9. The predicted molar refractivity (Wildman–Crippen MR) is 118 cm³/mol. The molecule has 170 valence electrons. The number of hydrogen-bond acceptors (Lipinski definition) is 7. The van der Waals surface area contributed by atoms with E-state index >= 15 is 0 Å². The molecule has 1 spiro atoms. The molecular weight excluding hydrogens is 416 g/mol. The van der Waals surface area contributed by atoms with E-state index in [0.29, 0.717) is 31.5 Å². The lowest BCUT2D eigenvalue weighted by Crippen LogP contribution is -2.47. The first-order chi connectivity index (χ1) is 14.8. The fourth-order valence-electron chi connectivity index (χ4n) is 5.12. The van der Waals surface area contributed by atoms with Gasteiger partial charge in [0.1, 0.15) is 0 Å². The summed E-state index contributed by atoms with van der Waals surface area (Å²) in [6, 6.07) is 9.90. The van der Waals surface area contributed by atoms with Crippen LogP contribution in [0.1, 0.15) is 31.2 Å². The number of rotatable bonds is 5. The molecule has 0 saturated carbocycles. The van der Waals surface area contributed by atoms with Crippen molar-refractivity contribution in [1.29, 1.82) is 5.26 Å². The predicted octanol–water partition coefficient (Wildman–Crippen LogP) is 1.22. The number of nitrogens with zero attached hydrogens (tertiary/aromatic N) is 4. The average Bonchev–Trinajstić information content (AvgIpc) is 3.07. The van der Waals surface area contributed by atoms with Gasteiger partial charge in [-0.15, -0.1) is 0 Å². The van der Waals surface area contributed by atoms with E-state index in [4.69, 9.17) is 10.00 Å². The molecule has 3 heterocycles. The van der Waals surface area contributed by atoms with Crippen LogP contribution in [0, 0.1) is 16.7 Å². The molecule has 3 fully saturated rings. The summed E-state index contributed by atoms with van der Waals surface area (Å²) in [4.78, 5) is 4.78. The second kappa shape index (κ2) is 9.04. The van der Waals surface area contributed by atoms with Crippen LogP contribution in [0.15, 0.2) is 24.3 Å². The Balaban J connectivity index is 1.22. The number of sulfonamides is 1. The molecule has 3 aliphatic rings. The van der Waals surface area contributed by atoms with Gasteiger partial charge in [-0.3, -0.25) is 4.90 Å². The molecule has 1 aromatic rings. The summed E-state index contributed by atoms with van der Waals surface area (Å²) in [5, 5.41) is 19.5. The van der Waals surface area contributed by atoms with Gasteiger partial charge in [0.15, 0.2) is 6.29 Å². The van der Waals surface area contributed by atoms with Gasteiger partial charge in [0.2, 0.25) is 10.0 Å². The summed E-state index contributed by atoms with van der Waals surface area (Å²) in [6.45, 7) is 5.71. The maximum absolute atomic E-state index is 11.8. The van der Waals surface area contributed by atoms with Crippen LogP contribution in [0.5, 0.6) is 0 Å². The molecule has 2 atom stereocenters. The highest BCUT2D eigenvalue weighted by atomic mass is 32.2. The minimum Gasteiger partial charge on any atom is -0.369 e. The van der Waals surface area contributed by atoms with E-state index in [0.717, 1.165) is 51.3 Å². The molecule has 3 saturated heterocycles. The lowest BCUT2D eigenvalue weighted by Gasteiger charge is -2.39. The molecule has 1 aromatic carbocycles. The fourth-order valence-corrected chi connectivity index (χ4v) is 5.96. The highest BCUT2D eigenvalue weighted by Gasteiger charge is 2.49. The minimum absolute atomic E-state index is 0.0244. The second-order valence-corrected chi connectivity index (χ2v) is 11.1. The maximum atomic E-state index is 11.8. The number of nitriles is 1. The fraction of sp³-hybridized carbons (Fsp3) is 0.682. The smallest absolute Gasteiger partial charge is 0.211 e. The Morgan fingerprint density at radius 1 is 1.13 bits per heavy atom. The van der Waals surface area contributed by atoms with Gasteiger partial charge >= 0.3 is 0 Å². The first-order valence-electron chi connectivity index (χ1n) is 11.1. The van der Waals surface area contributed by atoms with Crippen molar-refractivity contribution in [2.45, 2.75) is 38.1 Å². The number of aliphatic hydroxyl groups excluding tert-OH is 1. The second-order valence-electron chi connectivity index (χ2n) is 9.12. The monoisotopic (exact) mass is 448 g/mol. The number of ether oxygens (including phenoxy) is 1. The van der Waals surface area contributed by atoms with E-state index in [-0.39, 0.29) is 11.5 Å². The number of hydrogen-bond donors (Lipinski definition) is 1. The third-order valence-electron chi connectivity index (χ3n) is 7.17. The van der Waals surface area contributed by atoms with Crippen LogP contribution in [-0.2, 0) is 14.8 Å². The summed E-state index contributed by atoms with van der Waals surface area (Å²) in [5.41, 5.74) is 1.53. The van der Waals surface area contributed by atoms with Crippen LogP contribution in [0.2, 0.25) is 0 Å². The lowest BCUT2D eigenvalue weighted by atomic mass is 9.75. The Hall–Kier alpha value is -1.70. The molecule has 9 heteroatoms. The van der Waals surface area contributed by atoms with E-state index in [9.17, 15) is 13.5 Å². The molecule has 2 unspecified atom stereocenters. The number of piperazine rings is 1. The Bertz CT molecular complexity index is 898.